The monoisotopic (exact) mass is 491 g/mol. The molecule has 0 saturated carbocycles. The lowest BCUT2D eigenvalue weighted by Gasteiger charge is -2.17. The van der Waals surface area contributed by atoms with Gasteiger partial charge in [-0.1, -0.05) is 36.4 Å². The summed E-state index contributed by atoms with van der Waals surface area (Å²) in [4.78, 5) is 14.4. The van der Waals surface area contributed by atoms with E-state index in [1.165, 1.54) is 9.13 Å². The molecule has 0 atom stereocenters. The van der Waals surface area contributed by atoms with Crippen LogP contribution in [0.3, 0.4) is 0 Å². The molecule has 4 heteroatoms. The first-order valence-corrected chi connectivity index (χ1v) is 8.43. The zero-order chi connectivity index (χ0) is 14.5. The smallest absolute Gasteiger partial charge is 0.177 e. The molecule has 2 nitrogen and oxygen atoms in total. The highest BCUT2D eigenvalue weighted by molar-refractivity contribution is 14.1. The molecule has 2 aromatic rings. The molecule has 0 fully saturated rings. The van der Waals surface area contributed by atoms with Gasteiger partial charge in [-0.3, -0.25) is 9.69 Å². The molecule has 0 saturated heterocycles. The van der Waals surface area contributed by atoms with Crippen molar-refractivity contribution in [1.82, 2.24) is 4.90 Å². The van der Waals surface area contributed by atoms with Gasteiger partial charge in [0.25, 0.3) is 0 Å². The highest BCUT2D eigenvalue weighted by atomic mass is 127. The van der Waals surface area contributed by atoms with Gasteiger partial charge in [0.05, 0.1) is 6.54 Å². The maximum absolute atomic E-state index is 12.3. The Kier molecular flexibility index (Phi) is 5.98. The van der Waals surface area contributed by atoms with Crippen molar-refractivity contribution in [3.8, 4) is 0 Å². The number of likely N-dealkylation sites (N-methyl/N-ethyl adjacent to an activating group) is 1. The molecule has 2 rings (SSSR count). The van der Waals surface area contributed by atoms with E-state index in [1.807, 2.05) is 43.4 Å². The quantitative estimate of drug-likeness (QED) is 0.462. The third-order valence-electron chi connectivity index (χ3n) is 2.99. The van der Waals surface area contributed by atoms with Crippen LogP contribution in [-0.2, 0) is 6.54 Å². The van der Waals surface area contributed by atoms with Crippen LogP contribution in [0.5, 0.6) is 0 Å². The number of Topliss-reactive ketones (excluding diaryl/α,β-unsaturated/α-hetero) is 1. The van der Waals surface area contributed by atoms with Crippen molar-refractivity contribution in [2.24, 2.45) is 0 Å². The van der Waals surface area contributed by atoms with Crippen molar-refractivity contribution in [1.29, 1.82) is 0 Å². The maximum Gasteiger partial charge on any atom is 0.177 e. The number of rotatable bonds is 5. The Labute approximate surface area is 146 Å². The summed E-state index contributed by atoms with van der Waals surface area (Å²) >= 11 is 4.54. The fraction of sp³-hybridized carbons (Fsp3) is 0.188. The third-order valence-corrected chi connectivity index (χ3v) is 4.98. The first-order chi connectivity index (χ1) is 9.58. The summed E-state index contributed by atoms with van der Waals surface area (Å²) in [6.07, 6.45) is 0. The Morgan fingerprint density at radius 2 is 1.60 bits per heavy atom. The molecule has 0 aromatic heterocycles. The summed E-state index contributed by atoms with van der Waals surface area (Å²) in [6, 6.07) is 16.0. The van der Waals surface area contributed by atoms with Gasteiger partial charge in [-0.15, -0.1) is 0 Å². The van der Waals surface area contributed by atoms with Crippen LogP contribution < -0.4 is 0 Å². The van der Waals surface area contributed by atoms with E-state index in [1.54, 1.807) is 0 Å². The molecule has 0 heterocycles. The fourth-order valence-electron chi connectivity index (χ4n) is 1.99. The Morgan fingerprint density at radius 1 is 1.00 bits per heavy atom. The average Bonchev–Trinajstić information content (AvgIpc) is 2.41. The number of hydrogen-bond donors (Lipinski definition) is 0. The predicted molar refractivity (Wildman–Crippen MR) is 99.0 cm³/mol. The highest BCUT2D eigenvalue weighted by Crippen LogP contribution is 2.15. The van der Waals surface area contributed by atoms with Gasteiger partial charge >= 0.3 is 0 Å². The molecule has 0 spiro atoms. The van der Waals surface area contributed by atoms with E-state index in [4.69, 9.17) is 0 Å². The van der Waals surface area contributed by atoms with Gasteiger partial charge in [-0.25, -0.2) is 0 Å². The van der Waals surface area contributed by atoms with Gasteiger partial charge < -0.3 is 0 Å². The maximum atomic E-state index is 12.3. The largest absolute Gasteiger partial charge is 0.295 e. The SMILES string of the molecule is CN(CC(=O)c1ccccc1I)Cc1ccccc1I. The van der Waals surface area contributed by atoms with Crippen molar-refractivity contribution in [2.45, 2.75) is 6.54 Å². The topological polar surface area (TPSA) is 20.3 Å². The van der Waals surface area contributed by atoms with Gasteiger partial charge in [0.1, 0.15) is 0 Å². The van der Waals surface area contributed by atoms with Crippen LogP contribution in [-0.4, -0.2) is 24.3 Å². The van der Waals surface area contributed by atoms with Gasteiger partial charge in [0.2, 0.25) is 0 Å². The normalized spacial score (nSPS) is 10.8. The van der Waals surface area contributed by atoms with Crippen LogP contribution in [0.2, 0.25) is 0 Å². The summed E-state index contributed by atoms with van der Waals surface area (Å²) in [5, 5.41) is 0. The molecule has 20 heavy (non-hydrogen) atoms. The molecular weight excluding hydrogens is 476 g/mol. The molecule has 0 amide bonds. The Bertz CT molecular complexity index is 613. The number of hydrogen-bond acceptors (Lipinski definition) is 2. The second-order valence-corrected chi connectivity index (χ2v) is 6.99. The van der Waals surface area contributed by atoms with E-state index in [9.17, 15) is 4.79 Å². The summed E-state index contributed by atoms with van der Waals surface area (Å²) in [5.41, 5.74) is 2.06. The second kappa shape index (κ2) is 7.51. The van der Waals surface area contributed by atoms with Crippen molar-refractivity contribution in [3.63, 3.8) is 0 Å². The van der Waals surface area contributed by atoms with Gasteiger partial charge in [-0.2, -0.15) is 0 Å². The lowest BCUT2D eigenvalue weighted by Crippen LogP contribution is -2.26. The van der Waals surface area contributed by atoms with Crippen LogP contribution in [0, 0.1) is 7.14 Å². The average molecular weight is 491 g/mol. The number of nitrogens with zero attached hydrogens (tertiary/aromatic N) is 1. The van der Waals surface area contributed by atoms with Crippen molar-refractivity contribution in [2.75, 3.05) is 13.6 Å². The van der Waals surface area contributed by atoms with Crippen molar-refractivity contribution >= 4 is 51.0 Å². The molecule has 0 unspecified atom stereocenters. The highest BCUT2D eigenvalue weighted by Gasteiger charge is 2.12. The van der Waals surface area contributed by atoms with E-state index >= 15 is 0 Å². The summed E-state index contributed by atoms with van der Waals surface area (Å²) in [6.45, 7) is 1.22. The first kappa shape index (κ1) is 15.9. The minimum absolute atomic E-state index is 0.170. The molecule has 2 aromatic carbocycles. The van der Waals surface area contributed by atoms with Crippen molar-refractivity contribution in [3.05, 3.63) is 66.8 Å². The van der Waals surface area contributed by atoms with E-state index in [2.05, 4.69) is 62.2 Å². The van der Waals surface area contributed by atoms with E-state index < -0.39 is 0 Å². The summed E-state index contributed by atoms with van der Waals surface area (Å²) < 4.78 is 2.25. The standard InChI is InChI=1S/C16H15I2NO/c1-19(10-12-6-2-4-8-14(12)17)11-16(20)13-7-3-5-9-15(13)18/h2-9H,10-11H2,1H3. The second-order valence-electron chi connectivity index (χ2n) is 4.67. The predicted octanol–water partition coefficient (Wildman–Crippen LogP) is 4.21. The lowest BCUT2D eigenvalue weighted by atomic mass is 10.1. The Balaban J connectivity index is 2.02. The molecular formula is C16H15I2NO. The van der Waals surface area contributed by atoms with Crippen molar-refractivity contribution < 1.29 is 4.79 Å². The number of ketones is 1. The summed E-state index contributed by atoms with van der Waals surface area (Å²) in [7, 11) is 1.98. The molecule has 0 N–H and O–H groups in total. The minimum Gasteiger partial charge on any atom is -0.295 e. The summed E-state index contributed by atoms with van der Waals surface area (Å²) in [5.74, 6) is 0.170. The van der Waals surface area contributed by atoms with Crippen LogP contribution >= 0.6 is 45.2 Å². The van der Waals surface area contributed by atoms with Gasteiger partial charge in [0.15, 0.2) is 5.78 Å². The zero-order valence-electron chi connectivity index (χ0n) is 11.1. The number of carbonyl (C=O) groups is 1. The van der Waals surface area contributed by atoms with E-state index in [0.29, 0.717) is 6.54 Å². The van der Waals surface area contributed by atoms with E-state index in [0.717, 1.165) is 15.7 Å². The zero-order valence-corrected chi connectivity index (χ0v) is 15.5. The van der Waals surface area contributed by atoms with Gasteiger partial charge in [0, 0.05) is 19.2 Å². The molecule has 104 valence electrons. The molecule has 0 aliphatic heterocycles. The molecule has 0 radical (unpaired) electrons. The van der Waals surface area contributed by atoms with Crippen LogP contribution in [0.15, 0.2) is 48.5 Å². The fourth-order valence-corrected chi connectivity index (χ4v) is 3.24. The first-order valence-electron chi connectivity index (χ1n) is 6.27. The molecule has 0 aliphatic rings. The lowest BCUT2D eigenvalue weighted by molar-refractivity contribution is 0.0942. The molecule has 0 aliphatic carbocycles. The third kappa shape index (κ3) is 4.26. The number of benzene rings is 2. The Morgan fingerprint density at radius 3 is 2.25 bits per heavy atom. The van der Waals surface area contributed by atoms with Gasteiger partial charge in [-0.05, 0) is 69.9 Å². The van der Waals surface area contributed by atoms with Crippen LogP contribution in [0.4, 0.5) is 0 Å². The van der Waals surface area contributed by atoms with E-state index in [-0.39, 0.29) is 5.78 Å². The Hall–Kier alpha value is -0.470. The minimum atomic E-state index is 0.170. The number of halogens is 2. The molecule has 0 bridgehead atoms. The number of carbonyl (C=O) groups excluding carboxylic acids is 1. The van der Waals surface area contributed by atoms with Crippen LogP contribution in [0.1, 0.15) is 15.9 Å². The van der Waals surface area contributed by atoms with Crippen LogP contribution in [0.25, 0.3) is 0 Å².